The van der Waals surface area contributed by atoms with E-state index in [-0.39, 0.29) is 6.61 Å². The summed E-state index contributed by atoms with van der Waals surface area (Å²) in [5, 5.41) is 4.76. The minimum Gasteiger partial charge on any atom is -0.463 e. The van der Waals surface area contributed by atoms with Crippen molar-refractivity contribution < 1.29 is 19.1 Å². The summed E-state index contributed by atoms with van der Waals surface area (Å²) in [6.45, 7) is 3.02. The number of benzene rings is 2. The van der Waals surface area contributed by atoms with Gasteiger partial charge in [0.25, 0.3) is 0 Å². The molecule has 6 heteroatoms. The van der Waals surface area contributed by atoms with Gasteiger partial charge in [0.15, 0.2) is 0 Å². The van der Waals surface area contributed by atoms with Gasteiger partial charge in [0, 0.05) is 29.8 Å². The Morgan fingerprint density at radius 2 is 1.94 bits per heavy atom. The SMILES string of the molecule is CCc1ccc(-c2nn(Cc3ccccc3)cc2/C=C/C(=O)O[C@H]2CCOC2=O)cc1. The van der Waals surface area contributed by atoms with Crippen LogP contribution in [0.2, 0.25) is 0 Å². The average molecular weight is 416 g/mol. The van der Waals surface area contributed by atoms with Crippen LogP contribution in [0.5, 0.6) is 0 Å². The first kappa shape index (κ1) is 20.6. The van der Waals surface area contributed by atoms with Gasteiger partial charge in [-0.2, -0.15) is 5.10 Å². The zero-order valence-electron chi connectivity index (χ0n) is 17.4. The maximum atomic E-state index is 12.2. The van der Waals surface area contributed by atoms with Crippen molar-refractivity contribution >= 4 is 18.0 Å². The lowest BCUT2D eigenvalue weighted by molar-refractivity contribution is -0.156. The molecule has 6 nitrogen and oxygen atoms in total. The van der Waals surface area contributed by atoms with Crippen LogP contribution in [0.25, 0.3) is 17.3 Å². The van der Waals surface area contributed by atoms with Crippen LogP contribution in [0.15, 0.2) is 66.9 Å². The topological polar surface area (TPSA) is 70.4 Å². The van der Waals surface area contributed by atoms with Crippen LogP contribution in [0, 0.1) is 0 Å². The van der Waals surface area contributed by atoms with Gasteiger partial charge in [-0.25, -0.2) is 9.59 Å². The Kier molecular flexibility index (Phi) is 6.26. The Morgan fingerprint density at radius 1 is 1.16 bits per heavy atom. The average Bonchev–Trinajstić information content (AvgIpc) is 3.39. The molecule has 0 spiro atoms. The normalized spacial score (nSPS) is 15.9. The van der Waals surface area contributed by atoms with Crippen LogP contribution in [0.1, 0.15) is 30.0 Å². The number of carbonyl (C=O) groups is 2. The molecule has 1 atom stereocenters. The van der Waals surface area contributed by atoms with E-state index in [1.165, 1.54) is 11.6 Å². The number of aryl methyl sites for hydroxylation is 1. The molecule has 0 radical (unpaired) electrons. The van der Waals surface area contributed by atoms with Gasteiger partial charge in [0.2, 0.25) is 6.10 Å². The number of hydrogen-bond donors (Lipinski definition) is 0. The first-order valence-electron chi connectivity index (χ1n) is 10.4. The Hall–Kier alpha value is -3.67. The van der Waals surface area contributed by atoms with E-state index >= 15 is 0 Å². The number of nitrogens with zero attached hydrogens (tertiary/aromatic N) is 2. The maximum Gasteiger partial charge on any atom is 0.347 e. The van der Waals surface area contributed by atoms with Crippen molar-refractivity contribution in [1.82, 2.24) is 9.78 Å². The highest BCUT2D eigenvalue weighted by Gasteiger charge is 2.29. The van der Waals surface area contributed by atoms with Crippen LogP contribution in [-0.2, 0) is 32.0 Å². The van der Waals surface area contributed by atoms with Crippen molar-refractivity contribution in [1.29, 1.82) is 0 Å². The lowest BCUT2D eigenvalue weighted by Crippen LogP contribution is -2.21. The van der Waals surface area contributed by atoms with Crippen molar-refractivity contribution in [2.24, 2.45) is 0 Å². The molecule has 1 aliphatic heterocycles. The molecule has 0 aliphatic carbocycles. The summed E-state index contributed by atoms with van der Waals surface area (Å²) in [6, 6.07) is 18.3. The molecule has 1 fully saturated rings. The molecule has 4 rings (SSSR count). The van der Waals surface area contributed by atoms with Crippen LogP contribution in [-0.4, -0.2) is 34.4 Å². The minimum atomic E-state index is -0.820. The number of carbonyl (C=O) groups excluding carboxylic acids is 2. The van der Waals surface area contributed by atoms with Crippen molar-refractivity contribution in [3.05, 3.63) is 83.6 Å². The molecule has 0 amide bonds. The predicted octanol–water partition coefficient (Wildman–Crippen LogP) is 4.03. The maximum absolute atomic E-state index is 12.2. The van der Waals surface area contributed by atoms with Crippen LogP contribution in [0.4, 0.5) is 0 Å². The molecular weight excluding hydrogens is 392 g/mol. The number of rotatable bonds is 7. The molecule has 0 N–H and O–H groups in total. The first-order valence-corrected chi connectivity index (χ1v) is 10.4. The van der Waals surface area contributed by atoms with Crippen molar-refractivity contribution in [3.8, 4) is 11.3 Å². The van der Waals surface area contributed by atoms with E-state index in [0.717, 1.165) is 28.8 Å². The second-order valence-electron chi connectivity index (χ2n) is 7.38. The number of ether oxygens (including phenoxy) is 2. The molecule has 0 unspecified atom stereocenters. The van der Waals surface area contributed by atoms with E-state index in [4.69, 9.17) is 14.6 Å². The molecule has 0 saturated carbocycles. The summed E-state index contributed by atoms with van der Waals surface area (Å²) in [4.78, 5) is 23.7. The summed E-state index contributed by atoms with van der Waals surface area (Å²) in [5.41, 5.74) is 4.93. The number of hydrogen-bond acceptors (Lipinski definition) is 5. The summed E-state index contributed by atoms with van der Waals surface area (Å²) in [5.74, 6) is -1.07. The molecule has 158 valence electrons. The molecule has 31 heavy (non-hydrogen) atoms. The van der Waals surface area contributed by atoms with Crippen molar-refractivity contribution in [3.63, 3.8) is 0 Å². The Morgan fingerprint density at radius 3 is 2.61 bits per heavy atom. The minimum absolute atomic E-state index is 0.282. The largest absolute Gasteiger partial charge is 0.463 e. The van der Waals surface area contributed by atoms with E-state index in [1.54, 1.807) is 6.08 Å². The van der Waals surface area contributed by atoms with Gasteiger partial charge in [0.1, 0.15) is 0 Å². The molecule has 3 aromatic rings. The van der Waals surface area contributed by atoms with Gasteiger partial charge >= 0.3 is 11.9 Å². The molecular formula is C25H24N2O4. The number of cyclic esters (lactones) is 1. The molecule has 1 saturated heterocycles. The van der Waals surface area contributed by atoms with Crippen LogP contribution >= 0.6 is 0 Å². The lowest BCUT2D eigenvalue weighted by Gasteiger charge is -2.05. The van der Waals surface area contributed by atoms with E-state index in [0.29, 0.717) is 13.0 Å². The molecule has 1 aliphatic rings. The van der Waals surface area contributed by atoms with E-state index in [1.807, 2.05) is 53.3 Å². The zero-order valence-corrected chi connectivity index (χ0v) is 17.4. The summed E-state index contributed by atoms with van der Waals surface area (Å²) < 4.78 is 11.9. The second-order valence-corrected chi connectivity index (χ2v) is 7.38. The third-order valence-corrected chi connectivity index (χ3v) is 5.16. The summed E-state index contributed by atoms with van der Waals surface area (Å²) in [6.07, 6.45) is 5.45. The fraction of sp³-hybridized carbons (Fsp3) is 0.240. The molecule has 1 aromatic heterocycles. The van der Waals surface area contributed by atoms with Crippen molar-refractivity contribution in [2.45, 2.75) is 32.4 Å². The highest BCUT2D eigenvalue weighted by molar-refractivity contribution is 5.90. The Balaban J connectivity index is 1.58. The van der Waals surface area contributed by atoms with Gasteiger partial charge in [0.05, 0.1) is 18.8 Å². The second kappa shape index (κ2) is 9.43. The van der Waals surface area contributed by atoms with Gasteiger partial charge < -0.3 is 9.47 Å². The quantitative estimate of drug-likeness (QED) is 0.430. The van der Waals surface area contributed by atoms with Gasteiger partial charge in [-0.05, 0) is 23.6 Å². The first-order chi connectivity index (χ1) is 15.1. The smallest absolute Gasteiger partial charge is 0.347 e. The van der Waals surface area contributed by atoms with Crippen molar-refractivity contribution in [2.75, 3.05) is 6.61 Å². The highest BCUT2D eigenvalue weighted by Crippen LogP contribution is 2.24. The van der Waals surface area contributed by atoms with E-state index in [9.17, 15) is 9.59 Å². The third kappa shape index (κ3) is 5.09. The van der Waals surface area contributed by atoms with Crippen LogP contribution < -0.4 is 0 Å². The van der Waals surface area contributed by atoms with E-state index in [2.05, 4.69) is 19.1 Å². The molecule has 2 aromatic carbocycles. The summed E-state index contributed by atoms with van der Waals surface area (Å²) in [7, 11) is 0. The van der Waals surface area contributed by atoms with Crippen LogP contribution in [0.3, 0.4) is 0 Å². The Bertz CT molecular complexity index is 1080. The van der Waals surface area contributed by atoms with E-state index < -0.39 is 18.0 Å². The molecule has 0 bridgehead atoms. The predicted molar refractivity (Wildman–Crippen MR) is 117 cm³/mol. The van der Waals surface area contributed by atoms with Gasteiger partial charge in [-0.1, -0.05) is 61.5 Å². The number of aromatic nitrogens is 2. The Labute approximate surface area is 181 Å². The highest BCUT2D eigenvalue weighted by atomic mass is 16.6. The fourth-order valence-corrected chi connectivity index (χ4v) is 3.45. The summed E-state index contributed by atoms with van der Waals surface area (Å²) >= 11 is 0. The third-order valence-electron chi connectivity index (χ3n) is 5.16. The lowest BCUT2D eigenvalue weighted by atomic mass is 10.0. The standard InChI is InChI=1S/C25H24N2O4/c1-2-18-8-10-20(11-9-18)24-21(12-13-23(28)31-22-14-15-30-25(22)29)17-27(26-24)16-19-6-4-3-5-7-19/h3-13,17,22H,2,14-16H2,1H3/b13-12+/t22-/m0/s1. The number of esters is 2. The zero-order chi connectivity index (χ0) is 21.6. The monoisotopic (exact) mass is 416 g/mol. The van der Waals surface area contributed by atoms with Gasteiger partial charge in [-0.3, -0.25) is 4.68 Å². The fourth-order valence-electron chi connectivity index (χ4n) is 3.45. The molecule has 2 heterocycles. The van der Waals surface area contributed by atoms with Gasteiger partial charge in [-0.15, -0.1) is 0 Å².